The molecule has 1 atom stereocenters. The summed E-state index contributed by atoms with van der Waals surface area (Å²) < 4.78 is 9.74. The Morgan fingerprint density at radius 3 is 2.07 bits per heavy atom. The average Bonchev–Trinajstić information content (AvgIpc) is 2.02. The summed E-state index contributed by atoms with van der Waals surface area (Å²) in [6.45, 7) is 6.81. The van der Waals surface area contributed by atoms with Crippen LogP contribution in [-0.4, -0.2) is 48.2 Å². The topological polar surface area (TPSA) is 76.0 Å². The molecule has 5 nitrogen and oxygen atoms in total. The smallest absolute Gasteiger partial charge is 0.303 e. The van der Waals surface area contributed by atoms with Crippen LogP contribution in [0.4, 0.5) is 0 Å². The van der Waals surface area contributed by atoms with Crippen molar-refractivity contribution in [2.45, 2.75) is 39.4 Å². The molecule has 0 rings (SSSR count). The highest BCUT2D eigenvalue weighted by Crippen LogP contribution is 2.08. The van der Waals surface area contributed by atoms with Gasteiger partial charge in [-0.2, -0.15) is 0 Å². The predicted octanol–water partition coefficient (Wildman–Crippen LogP) is 0.334. The Labute approximate surface area is 91.0 Å². The van der Waals surface area contributed by atoms with Crippen LogP contribution in [0.3, 0.4) is 0 Å². The minimum absolute atomic E-state index is 0.139. The van der Waals surface area contributed by atoms with Crippen molar-refractivity contribution >= 4 is 5.97 Å². The maximum absolute atomic E-state index is 10.5. The summed E-state index contributed by atoms with van der Waals surface area (Å²) in [6.07, 6.45) is -0.560. The van der Waals surface area contributed by atoms with E-state index in [9.17, 15) is 4.79 Å². The number of aliphatic hydroxyl groups excluding tert-OH is 2. The van der Waals surface area contributed by atoms with Gasteiger partial charge in [-0.1, -0.05) is 0 Å². The van der Waals surface area contributed by atoms with E-state index in [4.69, 9.17) is 19.7 Å². The fraction of sp³-hybridized carbons (Fsp3) is 0.900. The van der Waals surface area contributed by atoms with Gasteiger partial charge >= 0.3 is 5.97 Å². The van der Waals surface area contributed by atoms with E-state index in [1.54, 1.807) is 21.0 Å². The lowest BCUT2D eigenvalue weighted by Crippen LogP contribution is -2.31. The maximum Gasteiger partial charge on any atom is 0.303 e. The van der Waals surface area contributed by atoms with E-state index in [0.717, 1.165) is 0 Å². The van der Waals surface area contributed by atoms with Gasteiger partial charge in [0.2, 0.25) is 0 Å². The van der Waals surface area contributed by atoms with Gasteiger partial charge < -0.3 is 19.7 Å². The largest absolute Gasteiger partial charge is 0.457 e. The molecule has 15 heavy (non-hydrogen) atoms. The molecule has 0 saturated carbocycles. The van der Waals surface area contributed by atoms with Crippen molar-refractivity contribution in [3.05, 3.63) is 0 Å². The fourth-order valence-corrected chi connectivity index (χ4v) is 0.766. The number of rotatable bonds is 4. The molecule has 0 saturated heterocycles. The molecule has 1 unspecified atom stereocenters. The van der Waals surface area contributed by atoms with Crippen molar-refractivity contribution in [2.24, 2.45) is 0 Å². The van der Waals surface area contributed by atoms with E-state index in [1.165, 1.54) is 13.8 Å². The van der Waals surface area contributed by atoms with Crippen LogP contribution in [0.25, 0.3) is 0 Å². The van der Waals surface area contributed by atoms with E-state index in [2.05, 4.69) is 0 Å². The summed E-state index contributed by atoms with van der Waals surface area (Å²) in [5.74, 6) is -0.276. The molecule has 0 heterocycles. The molecule has 0 spiro atoms. The third-order valence-corrected chi connectivity index (χ3v) is 1.18. The first-order chi connectivity index (χ1) is 6.75. The number of carbonyl (C=O) groups excluding carboxylic acids is 1. The minimum Gasteiger partial charge on any atom is -0.457 e. The van der Waals surface area contributed by atoms with E-state index in [0.29, 0.717) is 6.61 Å². The Morgan fingerprint density at radius 2 is 1.87 bits per heavy atom. The van der Waals surface area contributed by atoms with Gasteiger partial charge in [0.1, 0.15) is 5.60 Å². The predicted molar refractivity (Wildman–Crippen MR) is 56.5 cm³/mol. The molecule has 0 aromatic heterocycles. The molecule has 0 bridgehead atoms. The second-order valence-electron chi connectivity index (χ2n) is 3.82. The molecule has 0 aliphatic rings. The van der Waals surface area contributed by atoms with Crippen LogP contribution in [0, 0.1) is 0 Å². The first-order valence-electron chi connectivity index (χ1n) is 4.72. The van der Waals surface area contributed by atoms with Gasteiger partial charge in [-0.15, -0.1) is 0 Å². The van der Waals surface area contributed by atoms with E-state index < -0.39 is 11.7 Å². The Bertz CT molecular complexity index is 165. The summed E-state index contributed by atoms with van der Waals surface area (Å²) in [7, 11) is 1.57. The molecule has 0 radical (unpaired) electrons. The van der Waals surface area contributed by atoms with Crippen LogP contribution >= 0.6 is 0 Å². The second kappa shape index (κ2) is 8.64. The van der Waals surface area contributed by atoms with Crippen LogP contribution in [0.1, 0.15) is 27.7 Å². The van der Waals surface area contributed by atoms with Gasteiger partial charge in [0.25, 0.3) is 0 Å². The summed E-state index contributed by atoms with van der Waals surface area (Å²) in [5, 5.41) is 16.0. The third kappa shape index (κ3) is 16.1. The van der Waals surface area contributed by atoms with Gasteiger partial charge in [-0.25, -0.2) is 0 Å². The highest BCUT2D eigenvalue weighted by atomic mass is 16.6. The Kier molecular flexibility index (Phi) is 9.66. The van der Waals surface area contributed by atoms with E-state index >= 15 is 0 Å². The van der Waals surface area contributed by atoms with Crippen LogP contribution in [0.2, 0.25) is 0 Å². The molecule has 0 aromatic rings. The van der Waals surface area contributed by atoms with Gasteiger partial charge in [-0.3, -0.25) is 4.79 Å². The molecule has 0 aromatic carbocycles. The SMILES string of the molecule is CC(O)CO.COCC(C)(C)OC(C)=O. The van der Waals surface area contributed by atoms with Crippen molar-refractivity contribution in [1.29, 1.82) is 0 Å². The number of hydrogen-bond acceptors (Lipinski definition) is 5. The fourth-order valence-electron chi connectivity index (χ4n) is 0.766. The number of methoxy groups -OCH3 is 1. The molecule has 92 valence electrons. The quantitative estimate of drug-likeness (QED) is 0.671. The molecule has 2 N–H and O–H groups in total. The number of aliphatic hydroxyl groups is 2. The first kappa shape index (κ1) is 16.8. The lowest BCUT2D eigenvalue weighted by atomic mass is 10.1. The highest BCUT2D eigenvalue weighted by Gasteiger charge is 2.20. The van der Waals surface area contributed by atoms with Crippen LogP contribution in [-0.2, 0) is 14.3 Å². The monoisotopic (exact) mass is 222 g/mol. The number of esters is 1. The van der Waals surface area contributed by atoms with Gasteiger partial charge in [0.05, 0.1) is 19.3 Å². The van der Waals surface area contributed by atoms with Gasteiger partial charge in [-0.05, 0) is 20.8 Å². The molecule has 5 heteroatoms. The van der Waals surface area contributed by atoms with Gasteiger partial charge in [0.15, 0.2) is 0 Å². The normalized spacial score (nSPS) is 12.5. The van der Waals surface area contributed by atoms with Crippen LogP contribution in [0.15, 0.2) is 0 Å². The van der Waals surface area contributed by atoms with Crippen molar-refractivity contribution < 1.29 is 24.5 Å². The molecule has 0 amide bonds. The van der Waals surface area contributed by atoms with Crippen LogP contribution in [0.5, 0.6) is 0 Å². The zero-order valence-corrected chi connectivity index (χ0v) is 10.1. The van der Waals surface area contributed by atoms with Crippen molar-refractivity contribution in [3.63, 3.8) is 0 Å². The second-order valence-corrected chi connectivity index (χ2v) is 3.82. The molecular weight excluding hydrogens is 200 g/mol. The van der Waals surface area contributed by atoms with Crippen molar-refractivity contribution in [1.82, 2.24) is 0 Å². The minimum atomic E-state index is -0.560. The lowest BCUT2D eigenvalue weighted by molar-refractivity contribution is -0.158. The molecule has 0 aliphatic carbocycles. The molecule has 0 aliphatic heterocycles. The van der Waals surface area contributed by atoms with Crippen LogP contribution < -0.4 is 0 Å². The number of hydrogen-bond donors (Lipinski definition) is 2. The summed E-state index contributed by atoms with van der Waals surface area (Å²) in [5.41, 5.74) is -0.499. The van der Waals surface area contributed by atoms with E-state index in [-0.39, 0.29) is 12.6 Å². The molecular formula is C10H22O5. The van der Waals surface area contributed by atoms with Crippen molar-refractivity contribution in [3.8, 4) is 0 Å². The Balaban J connectivity index is 0. The first-order valence-corrected chi connectivity index (χ1v) is 4.72. The van der Waals surface area contributed by atoms with Crippen molar-refractivity contribution in [2.75, 3.05) is 20.3 Å². The standard InChI is InChI=1S/C7H14O3.C3H8O2/c1-6(8)10-7(2,3)5-9-4;1-3(5)2-4/h5H2,1-4H3;3-5H,2H2,1H3. The summed E-state index contributed by atoms with van der Waals surface area (Å²) in [4.78, 5) is 10.5. The van der Waals surface area contributed by atoms with E-state index in [1.807, 2.05) is 0 Å². The number of carbonyl (C=O) groups is 1. The summed E-state index contributed by atoms with van der Waals surface area (Å²) >= 11 is 0. The highest BCUT2D eigenvalue weighted by molar-refractivity contribution is 5.66. The zero-order chi connectivity index (χ0) is 12.5. The maximum atomic E-state index is 10.5. The average molecular weight is 222 g/mol. The Hall–Kier alpha value is -0.650. The zero-order valence-electron chi connectivity index (χ0n) is 10.1. The van der Waals surface area contributed by atoms with Gasteiger partial charge in [0, 0.05) is 14.0 Å². The third-order valence-electron chi connectivity index (χ3n) is 1.18. The molecule has 0 fully saturated rings. The Morgan fingerprint density at radius 1 is 1.47 bits per heavy atom. The number of ether oxygens (including phenoxy) is 2. The summed E-state index contributed by atoms with van der Waals surface area (Å²) in [6, 6.07) is 0. The lowest BCUT2D eigenvalue weighted by Gasteiger charge is -2.22.